The van der Waals surface area contributed by atoms with Gasteiger partial charge in [0.15, 0.2) is 0 Å². The normalized spacial score (nSPS) is 24.0. The Labute approximate surface area is 88.4 Å². The Balaban J connectivity index is 2.22. The summed E-state index contributed by atoms with van der Waals surface area (Å²) < 4.78 is 5.74. The number of ether oxygens (including phenoxy) is 1. The number of likely N-dealkylation sites (N-methyl/N-ethyl adjacent to an activating group) is 1. The summed E-state index contributed by atoms with van der Waals surface area (Å²) in [5.41, 5.74) is 0. The van der Waals surface area contributed by atoms with Crippen LogP contribution in [0.15, 0.2) is 0 Å². The van der Waals surface area contributed by atoms with Crippen molar-refractivity contribution in [3.63, 3.8) is 0 Å². The third-order valence-electron chi connectivity index (χ3n) is 3.00. The molecule has 0 aliphatic carbocycles. The minimum absolute atomic E-state index is 0.492. The average Bonchev–Trinajstić information content (AvgIpc) is 2.70. The maximum absolute atomic E-state index is 5.74. The summed E-state index contributed by atoms with van der Waals surface area (Å²) in [7, 11) is 0. The average molecular weight is 199 g/mol. The highest BCUT2D eigenvalue weighted by molar-refractivity contribution is 4.79. The lowest BCUT2D eigenvalue weighted by Gasteiger charge is -2.23. The van der Waals surface area contributed by atoms with E-state index in [0.29, 0.717) is 12.1 Å². The molecule has 0 saturated carbocycles. The molecule has 1 N–H and O–H groups in total. The van der Waals surface area contributed by atoms with Crippen molar-refractivity contribution in [2.45, 2.75) is 64.5 Å². The molecule has 1 rings (SSSR count). The fourth-order valence-electron chi connectivity index (χ4n) is 2.22. The lowest BCUT2D eigenvalue weighted by molar-refractivity contribution is 0.0752. The molecule has 1 heterocycles. The molecule has 0 aromatic carbocycles. The highest BCUT2D eigenvalue weighted by Crippen LogP contribution is 2.19. The SMILES string of the molecule is CCCCCC(NCC)C1CCCO1. The molecule has 0 aromatic rings. The Morgan fingerprint density at radius 1 is 1.36 bits per heavy atom. The number of rotatable bonds is 7. The minimum atomic E-state index is 0.492. The number of unbranched alkanes of at least 4 members (excludes halogenated alkanes) is 2. The van der Waals surface area contributed by atoms with Crippen molar-refractivity contribution < 1.29 is 4.74 Å². The van der Waals surface area contributed by atoms with Gasteiger partial charge in [-0.2, -0.15) is 0 Å². The molecule has 1 fully saturated rings. The van der Waals surface area contributed by atoms with Crippen molar-refractivity contribution in [2.24, 2.45) is 0 Å². The molecule has 0 aromatic heterocycles. The lowest BCUT2D eigenvalue weighted by atomic mass is 10.0. The molecule has 1 aliphatic rings. The van der Waals surface area contributed by atoms with Crippen molar-refractivity contribution in [1.29, 1.82) is 0 Å². The van der Waals surface area contributed by atoms with Gasteiger partial charge in [-0.25, -0.2) is 0 Å². The number of hydrogen-bond acceptors (Lipinski definition) is 2. The predicted octanol–water partition coefficient (Wildman–Crippen LogP) is 2.72. The first kappa shape index (κ1) is 12.0. The van der Waals surface area contributed by atoms with Gasteiger partial charge in [0.1, 0.15) is 0 Å². The highest BCUT2D eigenvalue weighted by atomic mass is 16.5. The summed E-state index contributed by atoms with van der Waals surface area (Å²) in [5, 5.41) is 3.56. The molecular weight excluding hydrogens is 174 g/mol. The van der Waals surface area contributed by atoms with Gasteiger partial charge in [-0.1, -0.05) is 33.1 Å². The standard InChI is InChI=1S/C12H25NO/c1-3-5-6-8-11(13-4-2)12-9-7-10-14-12/h11-13H,3-10H2,1-2H3. The Morgan fingerprint density at radius 3 is 2.79 bits per heavy atom. The zero-order valence-electron chi connectivity index (χ0n) is 9.72. The van der Waals surface area contributed by atoms with E-state index < -0.39 is 0 Å². The van der Waals surface area contributed by atoms with Crippen LogP contribution < -0.4 is 5.32 Å². The molecule has 2 atom stereocenters. The van der Waals surface area contributed by atoms with Crippen molar-refractivity contribution in [1.82, 2.24) is 5.32 Å². The molecular formula is C12H25NO. The van der Waals surface area contributed by atoms with E-state index in [2.05, 4.69) is 19.2 Å². The topological polar surface area (TPSA) is 21.3 Å². The molecule has 84 valence electrons. The summed E-state index contributed by atoms with van der Waals surface area (Å²) in [6, 6.07) is 0.606. The van der Waals surface area contributed by atoms with Gasteiger partial charge in [0.25, 0.3) is 0 Å². The van der Waals surface area contributed by atoms with E-state index in [1.165, 1.54) is 38.5 Å². The van der Waals surface area contributed by atoms with Gasteiger partial charge in [-0.05, 0) is 25.8 Å². The monoisotopic (exact) mass is 199 g/mol. The van der Waals surface area contributed by atoms with Crippen LogP contribution in [0, 0.1) is 0 Å². The molecule has 14 heavy (non-hydrogen) atoms. The van der Waals surface area contributed by atoms with Crippen LogP contribution in [0.4, 0.5) is 0 Å². The molecule has 0 amide bonds. The summed E-state index contributed by atoms with van der Waals surface area (Å²) in [6.45, 7) is 6.48. The van der Waals surface area contributed by atoms with E-state index in [9.17, 15) is 0 Å². The Hall–Kier alpha value is -0.0800. The first-order chi connectivity index (χ1) is 6.88. The van der Waals surface area contributed by atoms with Gasteiger partial charge >= 0.3 is 0 Å². The van der Waals surface area contributed by atoms with Crippen LogP contribution in [0.3, 0.4) is 0 Å². The molecule has 2 unspecified atom stereocenters. The zero-order chi connectivity index (χ0) is 10.2. The Bertz CT molecular complexity index is 132. The zero-order valence-corrected chi connectivity index (χ0v) is 9.72. The largest absolute Gasteiger partial charge is 0.377 e. The first-order valence-corrected chi connectivity index (χ1v) is 6.23. The third kappa shape index (κ3) is 3.97. The van der Waals surface area contributed by atoms with Crippen LogP contribution in [-0.2, 0) is 4.74 Å². The van der Waals surface area contributed by atoms with Crippen molar-refractivity contribution in [3.8, 4) is 0 Å². The van der Waals surface area contributed by atoms with Crippen molar-refractivity contribution in [3.05, 3.63) is 0 Å². The van der Waals surface area contributed by atoms with Gasteiger partial charge in [0, 0.05) is 12.6 Å². The van der Waals surface area contributed by atoms with Crippen molar-refractivity contribution in [2.75, 3.05) is 13.2 Å². The van der Waals surface area contributed by atoms with E-state index in [1.807, 2.05) is 0 Å². The maximum Gasteiger partial charge on any atom is 0.0728 e. The van der Waals surface area contributed by atoms with Crippen LogP contribution in [0.25, 0.3) is 0 Å². The fourth-order valence-corrected chi connectivity index (χ4v) is 2.22. The molecule has 1 saturated heterocycles. The summed E-state index contributed by atoms with van der Waals surface area (Å²) in [4.78, 5) is 0. The van der Waals surface area contributed by atoms with Gasteiger partial charge < -0.3 is 10.1 Å². The smallest absolute Gasteiger partial charge is 0.0728 e. The molecule has 2 heteroatoms. The quantitative estimate of drug-likeness (QED) is 0.637. The maximum atomic E-state index is 5.74. The fraction of sp³-hybridized carbons (Fsp3) is 1.00. The van der Waals surface area contributed by atoms with Crippen molar-refractivity contribution >= 4 is 0 Å². The van der Waals surface area contributed by atoms with Crippen LogP contribution in [0.5, 0.6) is 0 Å². The minimum Gasteiger partial charge on any atom is -0.377 e. The lowest BCUT2D eigenvalue weighted by Crippen LogP contribution is -2.39. The van der Waals surface area contributed by atoms with Gasteiger partial charge in [0.2, 0.25) is 0 Å². The molecule has 0 bridgehead atoms. The number of hydrogen-bond donors (Lipinski definition) is 1. The van der Waals surface area contributed by atoms with E-state index in [0.717, 1.165) is 13.2 Å². The molecule has 2 nitrogen and oxygen atoms in total. The van der Waals surface area contributed by atoms with Crippen LogP contribution in [0.2, 0.25) is 0 Å². The third-order valence-corrected chi connectivity index (χ3v) is 3.00. The highest BCUT2D eigenvalue weighted by Gasteiger charge is 2.24. The second-order valence-electron chi connectivity index (χ2n) is 4.21. The van der Waals surface area contributed by atoms with Gasteiger partial charge in [-0.3, -0.25) is 0 Å². The van der Waals surface area contributed by atoms with E-state index in [4.69, 9.17) is 4.74 Å². The van der Waals surface area contributed by atoms with Crippen LogP contribution >= 0.6 is 0 Å². The van der Waals surface area contributed by atoms with E-state index in [1.54, 1.807) is 0 Å². The summed E-state index contributed by atoms with van der Waals surface area (Å²) >= 11 is 0. The van der Waals surface area contributed by atoms with Crippen LogP contribution in [-0.4, -0.2) is 25.3 Å². The number of nitrogens with one attached hydrogen (secondary N) is 1. The molecule has 1 aliphatic heterocycles. The molecule has 0 spiro atoms. The van der Waals surface area contributed by atoms with Gasteiger partial charge in [0.05, 0.1) is 6.10 Å². The Morgan fingerprint density at radius 2 is 2.21 bits per heavy atom. The first-order valence-electron chi connectivity index (χ1n) is 6.23. The van der Waals surface area contributed by atoms with Crippen LogP contribution in [0.1, 0.15) is 52.4 Å². The predicted molar refractivity (Wildman–Crippen MR) is 60.6 cm³/mol. The Kier molecular flexibility index (Phi) is 6.20. The summed E-state index contributed by atoms with van der Waals surface area (Å²) in [5.74, 6) is 0. The van der Waals surface area contributed by atoms with E-state index >= 15 is 0 Å². The van der Waals surface area contributed by atoms with Gasteiger partial charge in [-0.15, -0.1) is 0 Å². The second kappa shape index (κ2) is 7.24. The summed E-state index contributed by atoms with van der Waals surface area (Å²) in [6.07, 6.45) is 8.29. The van der Waals surface area contributed by atoms with E-state index in [-0.39, 0.29) is 0 Å². The second-order valence-corrected chi connectivity index (χ2v) is 4.21. The molecule has 0 radical (unpaired) electrons.